The molecule has 0 unspecified atom stereocenters. The van der Waals surface area contributed by atoms with Gasteiger partial charge in [0.05, 0.1) is 5.39 Å². The summed E-state index contributed by atoms with van der Waals surface area (Å²) in [5, 5.41) is 4.44. The van der Waals surface area contributed by atoms with Crippen molar-refractivity contribution in [3.05, 3.63) is 63.9 Å². The molecular weight excluding hydrogens is 320 g/mol. The van der Waals surface area contributed by atoms with E-state index in [4.69, 9.17) is 17.3 Å². The molecule has 0 aliphatic rings. The number of fused-ring (bicyclic) bond motifs is 1. The molecule has 1 heterocycles. The fraction of sp³-hybridized carbons (Fsp3) is 0. The van der Waals surface area contributed by atoms with Crippen molar-refractivity contribution in [3.63, 3.8) is 0 Å². The van der Waals surface area contributed by atoms with Gasteiger partial charge in [-0.15, -0.1) is 0 Å². The first-order valence-corrected chi connectivity index (χ1v) is 7.58. The van der Waals surface area contributed by atoms with Crippen LogP contribution in [-0.2, 0) is 0 Å². The minimum Gasteiger partial charge on any atom is -0.369 e. The van der Waals surface area contributed by atoms with Gasteiger partial charge in [0.25, 0.3) is 5.56 Å². The second-order valence-electron chi connectivity index (χ2n) is 4.43. The fourth-order valence-corrected chi connectivity index (χ4v) is 2.87. The molecule has 0 spiro atoms. The topological polar surface area (TPSA) is 80.4 Å². The summed E-state index contributed by atoms with van der Waals surface area (Å²) in [5.41, 5.74) is 6.28. The lowest BCUT2D eigenvalue weighted by Gasteiger charge is -2.05. The van der Waals surface area contributed by atoms with E-state index in [1.54, 1.807) is 36.4 Å². The van der Waals surface area contributed by atoms with Gasteiger partial charge >= 0.3 is 0 Å². The Morgan fingerprint density at radius 1 is 1.18 bits per heavy atom. The number of rotatable bonds is 2. The third-order valence-electron chi connectivity index (χ3n) is 2.85. The van der Waals surface area contributed by atoms with Crippen LogP contribution >= 0.6 is 22.9 Å². The summed E-state index contributed by atoms with van der Waals surface area (Å²) in [4.78, 5) is 20.0. The van der Waals surface area contributed by atoms with Gasteiger partial charge in [-0.1, -0.05) is 35.1 Å². The van der Waals surface area contributed by atoms with E-state index >= 15 is 0 Å². The molecule has 7 heteroatoms. The van der Waals surface area contributed by atoms with E-state index < -0.39 is 0 Å². The van der Waals surface area contributed by atoms with E-state index in [0.717, 1.165) is 10.4 Å². The zero-order valence-electron chi connectivity index (χ0n) is 11.3. The average molecular weight is 331 g/mol. The van der Waals surface area contributed by atoms with Gasteiger partial charge in [0, 0.05) is 15.4 Å². The van der Waals surface area contributed by atoms with Crippen LogP contribution < -0.4 is 16.6 Å². The average Bonchev–Trinajstić information content (AvgIpc) is 2.49. The normalized spacial score (nSPS) is 11.6. The molecule has 1 aromatic heterocycles. The van der Waals surface area contributed by atoms with E-state index in [-0.39, 0.29) is 11.5 Å². The van der Waals surface area contributed by atoms with E-state index in [2.05, 4.69) is 15.3 Å². The number of guanidine groups is 1. The highest BCUT2D eigenvalue weighted by atomic mass is 35.5. The Morgan fingerprint density at radius 3 is 2.68 bits per heavy atom. The zero-order chi connectivity index (χ0) is 15.5. The summed E-state index contributed by atoms with van der Waals surface area (Å²) in [7, 11) is 0. The lowest BCUT2D eigenvalue weighted by Crippen LogP contribution is -2.22. The standard InChI is InChI=1S/C15H11ClN4OS/c16-9-5-7-10(8-6-9)18-14(17)20-15-19-13(21)11-3-1-2-4-12(11)22-15/h1-8H,(H3,17,18,19,20,21). The van der Waals surface area contributed by atoms with Crippen LogP contribution in [0, 0.1) is 0 Å². The van der Waals surface area contributed by atoms with E-state index in [9.17, 15) is 4.79 Å². The molecule has 0 saturated heterocycles. The van der Waals surface area contributed by atoms with Gasteiger partial charge in [-0.3, -0.25) is 4.79 Å². The maximum Gasteiger partial charge on any atom is 0.281 e. The highest BCUT2D eigenvalue weighted by Gasteiger charge is 2.04. The largest absolute Gasteiger partial charge is 0.369 e. The molecule has 0 atom stereocenters. The molecule has 0 aliphatic heterocycles. The first-order chi connectivity index (χ1) is 10.6. The Bertz CT molecular complexity index is 905. The molecule has 0 bridgehead atoms. The van der Waals surface area contributed by atoms with Crippen molar-refractivity contribution in [3.8, 4) is 0 Å². The van der Waals surface area contributed by atoms with Crippen LogP contribution in [0.3, 0.4) is 0 Å². The summed E-state index contributed by atoms with van der Waals surface area (Å²) < 4.78 is 0.820. The minimum absolute atomic E-state index is 0.153. The summed E-state index contributed by atoms with van der Waals surface area (Å²) >= 11 is 7.12. The van der Waals surface area contributed by atoms with Crippen molar-refractivity contribution in [1.82, 2.24) is 4.98 Å². The Hall–Kier alpha value is -2.44. The number of benzene rings is 2. The molecule has 0 fully saturated rings. The first kappa shape index (κ1) is 14.5. The van der Waals surface area contributed by atoms with Gasteiger partial charge in [-0.25, -0.2) is 0 Å². The molecule has 0 amide bonds. The second kappa shape index (κ2) is 6.13. The van der Waals surface area contributed by atoms with Crippen LogP contribution in [0.15, 0.2) is 58.3 Å². The van der Waals surface area contributed by atoms with Crippen LogP contribution in [0.25, 0.3) is 10.1 Å². The van der Waals surface area contributed by atoms with Crippen molar-refractivity contribution < 1.29 is 0 Å². The predicted octanol–water partition coefficient (Wildman–Crippen LogP) is 3.37. The third-order valence-corrected chi connectivity index (χ3v) is 4.04. The van der Waals surface area contributed by atoms with E-state index in [0.29, 0.717) is 15.5 Å². The highest BCUT2D eigenvalue weighted by molar-refractivity contribution is 7.21. The predicted molar refractivity (Wildman–Crippen MR) is 92.2 cm³/mol. The van der Waals surface area contributed by atoms with Crippen LogP contribution in [0.4, 0.5) is 10.8 Å². The van der Waals surface area contributed by atoms with Gasteiger partial charge in [-0.05, 0) is 36.4 Å². The Kier molecular flexibility index (Phi) is 4.04. The number of aliphatic imine (C=N–C) groups is 1. The number of nitrogens with one attached hydrogen (secondary N) is 1. The van der Waals surface area contributed by atoms with Crippen molar-refractivity contribution in [2.75, 3.05) is 5.32 Å². The molecule has 22 heavy (non-hydrogen) atoms. The molecular formula is C15H11ClN4OS. The summed E-state index contributed by atoms with van der Waals surface area (Å²) in [6.07, 6.45) is 0. The maximum atomic E-state index is 11.9. The van der Waals surface area contributed by atoms with Crippen LogP contribution in [0.5, 0.6) is 0 Å². The van der Waals surface area contributed by atoms with Crippen molar-refractivity contribution >= 4 is 49.8 Å². The fourth-order valence-electron chi connectivity index (χ4n) is 1.86. The lowest BCUT2D eigenvalue weighted by molar-refractivity contribution is 1.27. The molecule has 0 radical (unpaired) electrons. The molecule has 110 valence electrons. The highest BCUT2D eigenvalue weighted by Crippen LogP contribution is 2.22. The van der Waals surface area contributed by atoms with Crippen molar-refractivity contribution in [2.45, 2.75) is 0 Å². The van der Waals surface area contributed by atoms with Gasteiger partial charge in [0.1, 0.15) is 0 Å². The number of anilines is 1. The molecule has 5 nitrogen and oxygen atoms in total. The number of hydrogen-bond acceptors (Lipinski definition) is 4. The van der Waals surface area contributed by atoms with Gasteiger partial charge in [0.2, 0.25) is 11.1 Å². The third kappa shape index (κ3) is 3.24. The van der Waals surface area contributed by atoms with Gasteiger partial charge < -0.3 is 11.1 Å². The number of halogens is 1. The number of nitrogens with two attached hydrogens (primary N) is 1. The van der Waals surface area contributed by atoms with Gasteiger partial charge in [0.15, 0.2) is 0 Å². The number of hydrogen-bond donors (Lipinski definition) is 2. The van der Waals surface area contributed by atoms with Crippen molar-refractivity contribution in [1.29, 1.82) is 0 Å². The molecule has 2 aromatic carbocycles. The van der Waals surface area contributed by atoms with Crippen LogP contribution in [-0.4, -0.2) is 10.9 Å². The Morgan fingerprint density at radius 2 is 1.91 bits per heavy atom. The summed E-state index contributed by atoms with van der Waals surface area (Å²) in [6, 6.07) is 14.3. The van der Waals surface area contributed by atoms with Crippen molar-refractivity contribution in [2.24, 2.45) is 10.7 Å². The lowest BCUT2D eigenvalue weighted by atomic mass is 10.3. The smallest absolute Gasteiger partial charge is 0.281 e. The maximum absolute atomic E-state index is 11.9. The first-order valence-electron chi connectivity index (χ1n) is 6.38. The Labute approximate surface area is 135 Å². The minimum atomic E-state index is -0.313. The molecule has 0 aliphatic carbocycles. The SMILES string of the molecule is NC(=Nc1nc(=O)c2ccccc2s1)Nc1ccc(Cl)cc1. The number of aromatic nitrogens is 1. The quantitative estimate of drug-likeness (QED) is 0.557. The molecule has 3 N–H and O–H groups in total. The molecule has 3 aromatic rings. The number of nitrogens with zero attached hydrogens (tertiary/aromatic N) is 2. The molecule has 0 saturated carbocycles. The van der Waals surface area contributed by atoms with Gasteiger partial charge in [-0.2, -0.15) is 9.98 Å². The monoisotopic (exact) mass is 330 g/mol. The summed E-state index contributed by atoms with van der Waals surface area (Å²) in [6.45, 7) is 0. The van der Waals surface area contributed by atoms with E-state index in [1.165, 1.54) is 11.3 Å². The van der Waals surface area contributed by atoms with E-state index in [1.807, 2.05) is 12.1 Å². The Balaban J connectivity index is 1.90. The molecule has 3 rings (SSSR count). The van der Waals surface area contributed by atoms with Crippen LogP contribution in [0.2, 0.25) is 5.02 Å². The summed E-state index contributed by atoms with van der Waals surface area (Å²) in [5.74, 6) is 0.153. The van der Waals surface area contributed by atoms with Crippen LogP contribution in [0.1, 0.15) is 0 Å². The zero-order valence-corrected chi connectivity index (χ0v) is 12.9. The second-order valence-corrected chi connectivity index (χ2v) is 5.87.